The number of nitrogens with one attached hydrogen (secondary N) is 2. The van der Waals surface area contributed by atoms with Crippen molar-refractivity contribution in [2.24, 2.45) is 5.73 Å². The van der Waals surface area contributed by atoms with Crippen molar-refractivity contribution in [2.45, 2.75) is 19.0 Å². The first kappa shape index (κ1) is 17.1. The highest BCUT2D eigenvalue weighted by Crippen LogP contribution is 2.34. The SMILES string of the molecule is NC=O.Nc1ccc(-c2ccc3c(c2)NC(CN2CCCC2)N3)cc1. The zero-order valence-electron chi connectivity index (χ0n) is 14.2. The number of primary amides is 1. The molecule has 6 heteroatoms. The van der Waals surface area contributed by atoms with Gasteiger partial charge in [0.1, 0.15) is 6.17 Å². The lowest BCUT2D eigenvalue weighted by Crippen LogP contribution is -2.37. The molecule has 2 aromatic carbocycles. The van der Waals surface area contributed by atoms with E-state index in [4.69, 9.17) is 10.5 Å². The smallest absolute Gasteiger partial charge is 0.204 e. The maximum absolute atomic E-state index is 8.58. The Morgan fingerprint density at radius 2 is 1.60 bits per heavy atom. The van der Waals surface area contributed by atoms with E-state index in [1.54, 1.807) is 0 Å². The zero-order valence-corrected chi connectivity index (χ0v) is 14.2. The van der Waals surface area contributed by atoms with Gasteiger partial charge in [0.15, 0.2) is 0 Å². The number of anilines is 3. The largest absolute Gasteiger partial charge is 0.399 e. The Bertz CT molecular complexity index is 710. The topological polar surface area (TPSA) is 96.4 Å². The van der Waals surface area contributed by atoms with Crippen LogP contribution in [0.2, 0.25) is 0 Å². The van der Waals surface area contributed by atoms with Crippen LogP contribution in [0.15, 0.2) is 42.5 Å². The maximum atomic E-state index is 8.58. The van der Waals surface area contributed by atoms with Crippen LogP contribution in [0.1, 0.15) is 12.8 Å². The molecule has 0 spiro atoms. The molecule has 2 aliphatic heterocycles. The highest BCUT2D eigenvalue weighted by molar-refractivity contribution is 5.81. The van der Waals surface area contributed by atoms with Crippen molar-refractivity contribution in [3.05, 3.63) is 42.5 Å². The molecule has 6 nitrogen and oxygen atoms in total. The first-order valence-electron chi connectivity index (χ1n) is 8.60. The number of amides is 1. The van der Waals surface area contributed by atoms with Gasteiger partial charge < -0.3 is 22.1 Å². The summed E-state index contributed by atoms with van der Waals surface area (Å²) in [4.78, 5) is 11.1. The summed E-state index contributed by atoms with van der Waals surface area (Å²) in [7, 11) is 0. The monoisotopic (exact) mass is 339 g/mol. The predicted molar refractivity (Wildman–Crippen MR) is 103 cm³/mol. The third kappa shape index (κ3) is 4.22. The number of nitrogens with two attached hydrogens (primary N) is 2. The van der Waals surface area contributed by atoms with E-state index < -0.39 is 0 Å². The molecule has 132 valence electrons. The summed E-state index contributed by atoms with van der Waals surface area (Å²) in [6.45, 7) is 3.52. The Kier molecular flexibility index (Phi) is 5.40. The average molecular weight is 339 g/mol. The lowest BCUT2D eigenvalue weighted by Gasteiger charge is -2.20. The number of hydrogen-bond acceptors (Lipinski definition) is 5. The summed E-state index contributed by atoms with van der Waals surface area (Å²) < 4.78 is 0. The predicted octanol–water partition coefficient (Wildman–Crippen LogP) is 2.30. The van der Waals surface area contributed by atoms with Crippen LogP contribution in [0.25, 0.3) is 11.1 Å². The number of hydrogen-bond donors (Lipinski definition) is 4. The highest BCUT2D eigenvalue weighted by Gasteiger charge is 2.23. The first-order valence-corrected chi connectivity index (χ1v) is 8.60. The second-order valence-electron chi connectivity index (χ2n) is 6.37. The van der Waals surface area contributed by atoms with Crippen molar-refractivity contribution < 1.29 is 4.79 Å². The first-order chi connectivity index (χ1) is 12.2. The summed E-state index contributed by atoms with van der Waals surface area (Å²) in [5, 5.41) is 7.18. The Hall–Kier alpha value is -2.73. The number of likely N-dealkylation sites (tertiary alicyclic amines) is 1. The van der Waals surface area contributed by atoms with Gasteiger partial charge in [0.25, 0.3) is 0 Å². The number of carbonyl (C=O) groups excluding carboxylic acids is 1. The molecule has 0 radical (unpaired) electrons. The molecule has 0 aromatic heterocycles. The molecular formula is C19H25N5O. The average Bonchev–Trinajstić information content (AvgIpc) is 3.25. The van der Waals surface area contributed by atoms with E-state index in [1.807, 2.05) is 12.1 Å². The molecule has 1 fully saturated rings. The molecule has 1 amide bonds. The van der Waals surface area contributed by atoms with Gasteiger partial charge in [-0.3, -0.25) is 9.69 Å². The van der Waals surface area contributed by atoms with Crippen LogP contribution < -0.4 is 22.1 Å². The van der Waals surface area contributed by atoms with E-state index in [1.165, 1.54) is 48.4 Å². The maximum Gasteiger partial charge on any atom is 0.204 e. The second-order valence-corrected chi connectivity index (χ2v) is 6.37. The molecule has 1 saturated heterocycles. The summed E-state index contributed by atoms with van der Waals surface area (Å²) in [5.74, 6) is 0. The van der Waals surface area contributed by atoms with Gasteiger partial charge in [-0.25, -0.2) is 0 Å². The van der Waals surface area contributed by atoms with E-state index in [2.05, 4.69) is 51.6 Å². The Morgan fingerprint density at radius 1 is 1.00 bits per heavy atom. The minimum Gasteiger partial charge on any atom is -0.399 e. The van der Waals surface area contributed by atoms with E-state index in [0.717, 1.165) is 12.2 Å². The molecule has 0 saturated carbocycles. The standard InChI is InChI=1S/C18H22N4.CH3NO/c19-15-6-3-13(4-7-15)14-5-8-16-17(11-14)21-18(20-16)12-22-9-1-2-10-22;2-1-3/h3-8,11,18,20-21H,1-2,9-10,12,19H2;1H,(H2,2,3). The van der Waals surface area contributed by atoms with Gasteiger partial charge >= 0.3 is 0 Å². The summed E-state index contributed by atoms with van der Waals surface area (Å²) in [5.41, 5.74) is 15.5. The fourth-order valence-electron chi connectivity index (χ4n) is 3.37. The summed E-state index contributed by atoms with van der Waals surface area (Å²) in [6.07, 6.45) is 3.23. The quantitative estimate of drug-likeness (QED) is 0.508. The van der Waals surface area contributed by atoms with Crippen molar-refractivity contribution in [2.75, 3.05) is 36.0 Å². The highest BCUT2D eigenvalue weighted by atomic mass is 16.1. The van der Waals surface area contributed by atoms with Gasteiger partial charge in [0.05, 0.1) is 11.4 Å². The van der Waals surface area contributed by atoms with Gasteiger partial charge in [-0.15, -0.1) is 0 Å². The zero-order chi connectivity index (χ0) is 17.6. The molecule has 25 heavy (non-hydrogen) atoms. The molecule has 2 heterocycles. The number of rotatable bonds is 3. The van der Waals surface area contributed by atoms with Gasteiger partial charge in [0.2, 0.25) is 6.41 Å². The minimum absolute atomic E-state index is 0.250. The van der Waals surface area contributed by atoms with Gasteiger partial charge in [-0.1, -0.05) is 18.2 Å². The number of nitrogens with zero attached hydrogens (tertiary/aromatic N) is 1. The van der Waals surface area contributed by atoms with Crippen molar-refractivity contribution in [3.8, 4) is 11.1 Å². The Labute approximate surface area is 148 Å². The van der Waals surface area contributed by atoms with Crippen molar-refractivity contribution >= 4 is 23.5 Å². The molecular weight excluding hydrogens is 314 g/mol. The molecule has 2 aliphatic rings. The van der Waals surface area contributed by atoms with Crippen LogP contribution in [0.3, 0.4) is 0 Å². The fourth-order valence-corrected chi connectivity index (χ4v) is 3.37. The Balaban J connectivity index is 0.000000569. The van der Waals surface area contributed by atoms with E-state index in [9.17, 15) is 0 Å². The Morgan fingerprint density at radius 3 is 2.28 bits per heavy atom. The van der Waals surface area contributed by atoms with Gasteiger partial charge in [-0.05, 0) is 61.3 Å². The van der Waals surface area contributed by atoms with Crippen LogP contribution in [-0.2, 0) is 4.79 Å². The molecule has 6 N–H and O–H groups in total. The number of fused-ring (bicyclic) bond motifs is 1. The molecule has 1 unspecified atom stereocenters. The number of nitrogen functional groups attached to an aromatic ring is 1. The molecule has 0 bridgehead atoms. The second kappa shape index (κ2) is 7.90. The molecule has 4 rings (SSSR count). The normalized spacial score (nSPS) is 18.5. The minimum atomic E-state index is 0.250. The molecule has 1 atom stereocenters. The third-order valence-corrected chi connectivity index (χ3v) is 4.56. The van der Waals surface area contributed by atoms with Gasteiger partial charge in [0, 0.05) is 12.2 Å². The van der Waals surface area contributed by atoms with Crippen molar-refractivity contribution in [1.29, 1.82) is 0 Å². The van der Waals surface area contributed by atoms with Crippen LogP contribution in [0.4, 0.5) is 17.1 Å². The van der Waals surface area contributed by atoms with Crippen molar-refractivity contribution in [1.82, 2.24) is 4.90 Å². The van der Waals surface area contributed by atoms with Gasteiger partial charge in [-0.2, -0.15) is 0 Å². The summed E-state index contributed by atoms with van der Waals surface area (Å²) in [6, 6.07) is 14.6. The van der Waals surface area contributed by atoms with Crippen LogP contribution in [0, 0.1) is 0 Å². The third-order valence-electron chi connectivity index (χ3n) is 4.56. The molecule has 2 aromatic rings. The van der Waals surface area contributed by atoms with E-state index >= 15 is 0 Å². The summed E-state index contributed by atoms with van der Waals surface area (Å²) >= 11 is 0. The number of carbonyl (C=O) groups is 1. The van der Waals surface area contributed by atoms with Crippen molar-refractivity contribution in [3.63, 3.8) is 0 Å². The lowest BCUT2D eigenvalue weighted by atomic mass is 10.0. The number of benzene rings is 2. The fraction of sp³-hybridized carbons (Fsp3) is 0.316. The lowest BCUT2D eigenvalue weighted by molar-refractivity contribution is -0.106. The van der Waals surface area contributed by atoms with Crippen LogP contribution in [0.5, 0.6) is 0 Å². The van der Waals surface area contributed by atoms with E-state index in [-0.39, 0.29) is 6.41 Å². The van der Waals surface area contributed by atoms with E-state index in [0.29, 0.717) is 6.17 Å². The van der Waals surface area contributed by atoms with Crippen LogP contribution in [-0.4, -0.2) is 37.1 Å². The van der Waals surface area contributed by atoms with Crippen LogP contribution >= 0.6 is 0 Å². The molecule has 0 aliphatic carbocycles.